The minimum absolute atomic E-state index is 0.0291. The number of nitriles is 1. The molecule has 0 amide bonds. The molecule has 0 N–H and O–H groups in total. The first-order valence-corrected chi connectivity index (χ1v) is 16.4. The summed E-state index contributed by atoms with van der Waals surface area (Å²) in [5, 5.41) is 10.6. The van der Waals surface area contributed by atoms with Crippen molar-refractivity contribution in [2.75, 3.05) is 4.90 Å². The third-order valence-electron chi connectivity index (χ3n) is 10.6. The van der Waals surface area contributed by atoms with Gasteiger partial charge in [0.15, 0.2) is 0 Å². The van der Waals surface area contributed by atoms with Gasteiger partial charge in [0.1, 0.15) is 0 Å². The lowest BCUT2D eigenvalue weighted by atomic mass is 9.62. The van der Waals surface area contributed by atoms with Crippen LogP contribution in [0.5, 0.6) is 0 Å². The van der Waals surface area contributed by atoms with E-state index in [-0.39, 0.29) is 21.7 Å². The average Bonchev–Trinajstić information content (AvgIpc) is 2.98. The summed E-state index contributed by atoms with van der Waals surface area (Å²) in [7, 11) is 0. The first kappa shape index (κ1) is 30.5. The molecule has 0 spiro atoms. The Morgan fingerprint density at radius 1 is 0.614 bits per heavy atom. The molecule has 0 atom stereocenters. The zero-order valence-electron chi connectivity index (χ0n) is 27.6. The Kier molecular flexibility index (Phi) is 7.29. The van der Waals surface area contributed by atoms with Crippen molar-refractivity contribution in [3.8, 4) is 17.2 Å². The normalized spacial score (nSPS) is 18.9. The van der Waals surface area contributed by atoms with Gasteiger partial charge in [0.05, 0.1) is 23.0 Å². The second-order valence-electron chi connectivity index (χ2n) is 15.7. The summed E-state index contributed by atoms with van der Waals surface area (Å²) in [5.41, 5.74) is 11.9. The first-order chi connectivity index (χ1) is 20.6. The third-order valence-corrected chi connectivity index (χ3v) is 10.8. The van der Waals surface area contributed by atoms with Gasteiger partial charge in [-0.2, -0.15) is 5.26 Å². The van der Waals surface area contributed by atoms with Crippen LogP contribution in [-0.4, -0.2) is 0 Å². The van der Waals surface area contributed by atoms with Crippen molar-refractivity contribution in [1.29, 1.82) is 5.26 Å². The van der Waals surface area contributed by atoms with Crippen LogP contribution in [0.4, 0.5) is 17.1 Å². The van der Waals surface area contributed by atoms with Crippen LogP contribution in [0.25, 0.3) is 11.1 Å². The molecule has 0 aliphatic heterocycles. The van der Waals surface area contributed by atoms with Gasteiger partial charge in [-0.25, -0.2) is 0 Å². The summed E-state index contributed by atoms with van der Waals surface area (Å²) in [6.07, 6.45) is 4.53. The van der Waals surface area contributed by atoms with Gasteiger partial charge in [-0.3, -0.25) is 0 Å². The molecule has 3 heteroatoms. The van der Waals surface area contributed by atoms with Gasteiger partial charge in [-0.1, -0.05) is 109 Å². The van der Waals surface area contributed by atoms with Crippen molar-refractivity contribution in [2.24, 2.45) is 0 Å². The number of hydrogen-bond acceptors (Lipinski definition) is 2. The molecule has 0 heterocycles. The van der Waals surface area contributed by atoms with Crippen LogP contribution in [0.1, 0.15) is 109 Å². The van der Waals surface area contributed by atoms with E-state index in [0.29, 0.717) is 10.6 Å². The molecule has 2 aliphatic carbocycles. The van der Waals surface area contributed by atoms with Crippen molar-refractivity contribution in [1.82, 2.24) is 0 Å². The minimum atomic E-state index is -0.0291. The standard InChI is InChI=1S/C41H45ClN2/c1-38(2)19-20-41(7,8)37-32(38)15-12-16-35(37)44(30-22-27(26-43)21-29(42)23-30)36-25-34-33(39(3,4)17-18-40(34,5)6)24-31(36)28-13-10-9-11-14-28/h9-16,21-25H,17-20H2,1-8H3. The second-order valence-corrected chi connectivity index (χ2v) is 16.1. The molecule has 2 aliphatic rings. The quantitative estimate of drug-likeness (QED) is 0.233. The number of benzene rings is 4. The highest BCUT2D eigenvalue weighted by Gasteiger charge is 2.42. The Bertz CT molecular complexity index is 1790. The van der Waals surface area contributed by atoms with Gasteiger partial charge in [-0.15, -0.1) is 0 Å². The highest BCUT2D eigenvalue weighted by Crippen LogP contribution is 2.55. The van der Waals surface area contributed by atoms with Crippen LogP contribution in [0, 0.1) is 11.3 Å². The molecule has 0 unspecified atom stereocenters. The van der Waals surface area contributed by atoms with E-state index in [2.05, 4.69) is 127 Å². The van der Waals surface area contributed by atoms with Crippen LogP contribution in [0.3, 0.4) is 0 Å². The molecule has 226 valence electrons. The summed E-state index contributed by atoms with van der Waals surface area (Å²) >= 11 is 6.77. The summed E-state index contributed by atoms with van der Waals surface area (Å²) in [5.74, 6) is 0. The number of nitrogens with zero attached hydrogens (tertiary/aromatic N) is 2. The van der Waals surface area contributed by atoms with Crippen LogP contribution in [-0.2, 0) is 21.7 Å². The predicted molar refractivity (Wildman–Crippen MR) is 187 cm³/mol. The van der Waals surface area contributed by atoms with Crippen LogP contribution >= 0.6 is 11.6 Å². The molecular weight excluding hydrogens is 556 g/mol. The van der Waals surface area contributed by atoms with E-state index in [9.17, 15) is 5.26 Å². The van der Waals surface area contributed by atoms with E-state index >= 15 is 0 Å². The van der Waals surface area contributed by atoms with Gasteiger partial charge in [-0.05, 0) is 112 Å². The first-order valence-electron chi connectivity index (χ1n) is 16.0. The Balaban J connectivity index is 1.77. The molecular formula is C41H45ClN2. The van der Waals surface area contributed by atoms with Crippen LogP contribution < -0.4 is 4.90 Å². The molecule has 2 nitrogen and oxygen atoms in total. The van der Waals surface area contributed by atoms with E-state index in [4.69, 9.17) is 11.6 Å². The fourth-order valence-corrected chi connectivity index (χ4v) is 7.93. The number of rotatable bonds is 4. The minimum Gasteiger partial charge on any atom is -0.309 e. The molecule has 0 radical (unpaired) electrons. The summed E-state index contributed by atoms with van der Waals surface area (Å²) in [6.45, 7) is 19.1. The lowest BCUT2D eigenvalue weighted by Crippen LogP contribution is -2.36. The van der Waals surface area contributed by atoms with Gasteiger partial charge >= 0.3 is 0 Å². The molecule has 0 aromatic heterocycles. The zero-order valence-corrected chi connectivity index (χ0v) is 28.4. The largest absolute Gasteiger partial charge is 0.309 e. The molecule has 4 aromatic carbocycles. The predicted octanol–water partition coefficient (Wildman–Crippen LogP) is 12.0. The Morgan fingerprint density at radius 2 is 1.20 bits per heavy atom. The molecule has 0 fully saturated rings. The van der Waals surface area contributed by atoms with Gasteiger partial charge in [0.25, 0.3) is 0 Å². The average molecular weight is 601 g/mol. The smallest absolute Gasteiger partial charge is 0.0992 e. The van der Waals surface area contributed by atoms with E-state index < -0.39 is 0 Å². The lowest BCUT2D eigenvalue weighted by Gasteiger charge is -2.46. The fourth-order valence-electron chi connectivity index (χ4n) is 7.70. The number of fused-ring (bicyclic) bond motifs is 2. The molecule has 0 saturated heterocycles. The topological polar surface area (TPSA) is 27.0 Å². The highest BCUT2D eigenvalue weighted by molar-refractivity contribution is 6.31. The molecule has 6 rings (SSSR count). The second kappa shape index (κ2) is 10.5. The highest BCUT2D eigenvalue weighted by atomic mass is 35.5. The third kappa shape index (κ3) is 5.14. The summed E-state index contributed by atoms with van der Waals surface area (Å²) in [6, 6.07) is 30.7. The summed E-state index contributed by atoms with van der Waals surface area (Å²) in [4.78, 5) is 2.41. The molecule has 44 heavy (non-hydrogen) atoms. The van der Waals surface area contributed by atoms with Crippen molar-refractivity contribution in [3.63, 3.8) is 0 Å². The SMILES string of the molecule is CC1(C)CCC(C)(C)c2cc(N(c3cc(Cl)cc(C#N)c3)c3cccc4c3C(C)(C)CCC4(C)C)c(-c3ccccc3)cc21. The molecule has 0 bridgehead atoms. The maximum Gasteiger partial charge on any atom is 0.0992 e. The maximum atomic E-state index is 10.0. The van der Waals surface area contributed by atoms with Crippen molar-refractivity contribution in [2.45, 2.75) is 103 Å². The van der Waals surface area contributed by atoms with Crippen LogP contribution in [0.2, 0.25) is 5.02 Å². The maximum absolute atomic E-state index is 10.0. The summed E-state index contributed by atoms with van der Waals surface area (Å²) < 4.78 is 0. The Labute approximate surface area is 269 Å². The Morgan fingerprint density at radius 3 is 1.84 bits per heavy atom. The molecule has 0 saturated carbocycles. The van der Waals surface area contributed by atoms with E-state index in [1.54, 1.807) is 6.07 Å². The zero-order chi connectivity index (χ0) is 31.7. The van der Waals surface area contributed by atoms with Crippen molar-refractivity contribution >= 4 is 28.7 Å². The van der Waals surface area contributed by atoms with Gasteiger partial charge in [0.2, 0.25) is 0 Å². The number of halogens is 1. The number of hydrogen-bond donors (Lipinski definition) is 0. The van der Waals surface area contributed by atoms with E-state index in [0.717, 1.165) is 42.7 Å². The Hall–Kier alpha value is -3.54. The lowest BCUT2D eigenvalue weighted by molar-refractivity contribution is 0.331. The fraction of sp³-hybridized carbons (Fsp3) is 0.390. The van der Waals surface area contributed by atoms with E-state index in [1.165, 1.54) is 33.4 Å². The molecule has 4 aromatic rings. The number of anilines is 3. The van der Waals surface area contributed by atoms with Gasteiger partial charge < -0.3 is 4.90 Å². The monoisotopic (exact) mass is 600 g/mol. The van der Waals surface area contributed by atoms with Crippen molar-refractivity contribution in [3.05, 3.63) is 112 Å². The van der Waals surface area contributed by atoms with Crippen molar-refractivity contribution < 1.29 is 0 Å². The van der Waals surface area contributed by atoms with Crippen LogP contribution in [0.15, 0.2) is 78.9 Å². The van der Waals surface area contributed by atoms with Gasteiger partial charge in [0, 0.05) is 16.3 Å². The van der Waals surface area contributed by atoms with E-state index in [1.807, 2.05) is 12.1 Å².